The van der Waals surface area contributed by atoms with Gasteiger partial charge in [-0.1, -0.05) is 24.3 Å². The number of thiophene rings is 1. The topological polar surface area (TPSA) is 51.8 Å². The molecule has 4 rings (SSSR count). The van der Waals surface area contributed by atoms with Gasteiger partial charge in [-0.05, 0) is 41.8 Å². The lowest BCUT2D eigenvalue weighted by Crippen LogP contribution is -2.14. The zero-order chi connectivity index (χ0) is 13.5. The van der Waals surface area contributed by atoms with Crippen molar-refractivity contribution >= 4 is 27.4 Å². The molecular formula is C16H15N3S. The van der Waals surface area contributed by atoms with Crippen molar-refractivity contribution in [3.05, 3.63) is 52.7 Å². The molecule has 0 fully saturated rings. The molecule has 100 valence electrons. The van der Waals surface area contributed by atoms with Crippen molar-refractivity contribution in [3.8, 4) is 0 Å². The van der Waals surface area contributed by atoms with E-state index in [1.807, 2.05) is 11.4 Å². The van der Waals surface area contributed by atoms with Gasteiger partial charge in [0.05, 0.1) is 5.39 Å². The Kier molecular flexibility index (Phi) is 2.70. The van der Waals surface area contributed by atoms with Crippen molar-refractivity contribution in [2.75, 3.05) is 5.73 Å². The van der Waals surface area contributed by atoms with Crippen molar-refractivity contribution in [2.24, 2.45) is 0 Å². The number of hydrogen-bond donors (Lipinski definition) is 1. The standard InChI is InChI=1S/C16H15N3S/c17-14-13-8-9-20-16(13)19-15(18-14)12-7-3-5-10-4-1-2-6-11(10)12/h1-2,4,6,8-9,12H,3,5,7H2,(H2,17,18,19). The van der Waals surface area contributed by atoms with E-state index in [1.165, 1.54) is 17.5 Å². The van der Waals surface area contributed by atoms with Gasteiger partial charge >= 0.3 is 0 Å². The molecule has 2 aromatic heterocycles. The van der Waals surface area contributed by atoms with Crippen LogP contribution in [0, 0.1) is 0 Å². The lowest BCUT2D eigenvalue weighted by Gasteiger charge is -2.24. The molecule has 2 heterocycles. The average molecular weight is 281 g/mol. The molecule has 1 atom stereocenters. The van der Waals surface area contributed by atoms with Crippen LogP contribution < -0.4 is 5.73 Å². The fourth-order valence-electron chi connectivity index (χ4n) is 3.07. The first kappa shape index (κ1) is 11.9. The van der Waals surface area contributed by atoms with Crippen LogP contribution in [0.5, 0.6) is 0 Å². The summed E-state index contributed by atoms with van der Waals surface area (Å²) in [6, 6.07) is 10.6. The summed E-state index contributed by atoms with van der Waals surface area (Å²) in [7, 11) is 0. The van der Waals surface area contributed by atoms with Crippen molar-refractivity contribution in [3.63, 3.8) is 0 Å². The second kappa shape index (κ2) is 4.56. The Morgan fingerprint density at radius 1 is 1.15 bits per heavy atom. The highest BCUT2D eigenvalue weighted by Crippen LogP contribution is 2.36. The van der Waals surface area contributed by atoms with Gasteiger partial charge in [-0.15, -0.1) is 11.3 Å². The fourth-order valence-corrected chi connectivity index (χ4v) is 3.85. The number of nitrogens with two attached hydrogens (primary N) is 1. The molecule has 0 saturated carbocycles. The molecule has 2 N–H and O–H groups in total. The molecule has 1 aliphatic rings. The molecular weight excluding hydrogens is 266 g/mol. The minimum Gasteiger partial charge on any atom is -0.383 e. The summed E-state index contributed by atoms with van der Waals surface area (Å²) in [5, 5.41) is 3.00. The lowest BCUT2D eigenvalue weighted by atomic mass is 9.82. The van der Waals surface area contributed by atoms with Crippen LogP contribution >= 0.6 is 11.3 Å². The summed E-state index contributed by atoms with van der Waals surface area (Å²) in [6.45, 7) is 0. The molecule has 1 aliphatic carbocycles. The first-order valence-corrected chi connectivity index (χ1v) is 7.79. The normalized spacial score (nSPS) is 18.1. The number of fused-ring (bicyclic) bond motifs is 2. The molecule has 20 heavy (non-hydrogen) atoms. The largest absolute Gasteiger partial charge is 0.383 e. The smallest absolute Gasteiger partial charge is 0.139 e. The summed E-state index contributed by atoms with van der Waals surface area (Å²) >= 11 is 1.63. The highest BCUT2D eigenvalue weighted by Gasteiger charge is 2.24. The van der Waals surface area contributed by atoms with Crippen LogP contribution in [-0.2, 0) is 6.42 Å². The van der Waals surface area contributed by atoms with Gasteiger partial charge in [-0.2, -0.15) is 0 Å². The van der Waals surface area contributed by atoms with Crippen LogP contribution in [0.15, 0.2) is 35.7 Å². The van der Waals surface area contributed by atoms with Gasteiger partial charge in [0.25, 0.3) is 0 Å². The maximum atomic E-state index is 6.08. The first-order chi connectivity index (χ1) is 9.83. The van der Waals surface area contributed by atoms with Crippen molar-refractivity contribution in [1.82, 2.24) is 9.97 Å². The van der Waals surface area contributed by atoms with Gasteiger partial charge in [0.2, 0.25) is 0 Å². The number of nitrogen functional groups attached to an aromatic ring is 1. The van der Waals surface area contributed by atoms with Crippen LogP contribution in [0.3, 0.4) is 0 Å². The monoisotopic (exact) mass is 281 g/mol. The molecule has 0 aliphatic heterocycles. The molecule has 3 aromatic rings. The van der Waals surface area contributed by atoms with E-state index in [9.17, 15) is 0 Å². The van der Waals surface area contributed by atoms with Crippen molar-refractivity contribution in [1.29, 1.82) is 0 Å². The van der Waals surface area contributed by atoms with E-state index in [2.05, 4.69) is 29.2 Å². The van der Waals surface area contributed by atoms with Crippen LogP contribution in [0.4, 0.5) is 5.82 Å². The minimum absolute atomic E-state index is 0.286. The summed E-state index contributed by atoms with van der Waals surface area (Å²) in [5.41, 5.74) is 8.88. The summed E-state index contributed by atoms with van der Waals surface area (Å²) < 4.78 is 0. The highest BCUT2D eigenvalue weighted by molar-refractivity contribution is 7.16. The van der Waals surface area contributed by atoms with E-state index in [-0.39, 0.29) is 5.92 Å². The molecule has 0 spiro atoms. The van der Waals surface area contributed by atoms with Gasteiger partial charge in [0, 0.05) is 5.92 Å². The molecule has 1 aromatic carbocycles. The van der Waals surface area contributed by atoms with Gasteiger partial charge in [0.15, 0.2) is 0 Å². The Morgan fingerprint density at radius 2 is 2.05 bits per heavy atom. The second-order valence-electron chi connectivity index (χ2n) is 5.25. The maximum absolute atomic E-state index is 6.08. The number of aromatic nitrogens is 2. The van der Waals surface area contributed by atoms with E-state index in [0.717, 1.165) is 28.9 Å². The van der Waals surface area contributed by atoms with E-state index in [1.54, 1.807) is 11.3 Å². The third-order valence-electron chi connectivity index (χ3n) is 4.05. The molecule has 0 bridgehead atoms. The van der Waals surface area contributed by atoms with E-state index >= 15 is 0 Å². The van der Waals surface area contributed by atoms with Gasteiger partial charge in [0.1, 0.15) is 16.5 Å². The van der Waals surface area contributed by atoms with Crippen molar-refractivity contribution < 1.29 is 0 Å². The lowest BCUT2D eigenvalue weighted by molar-refractivity contribution is 0.593. The zero-order valence-electron chi connectivity index (χ0n) is 11.0. The van der Waals surface area contributed by atoms with Crippen molar-refractivity contribution in [2.45, 2.75) is 25.2 Å². The van der Waals surface area contributed by atoms with E-state index in [4.69, 9.17) is 10.7 Å². The summed E-state index contributed by atoms with van der Waals surface area (Å²) in [6.07, 6.45) is 3.45. The zero-order valence-corrected chi connectivity index (χ0v) is 11.9. The molecule has 0 amide bonds. The summed E-state index contributed by atoms with van der Waals surface area (Å²) in [4.78, 5) is 10.3. The third-order valence-corrected chi connectivity index (χ3v) is 4.86. The Hall–Kier alpha value is -1.94. The Morgan fingerprint density at radius 3 is 3.00 bits per heavy atom. The van der Waals surface area contributed by atoms with Gasteiger partial charge < -0.3 is 5.73 Å². The quantitative estimate of drug-likeness (QED) is 0.739. The third kappa shape index (κ3) is 1.79. The molecule has 0 saturated heterocycles. The SMILES string of the molecule is Nc1nc(C2CCCc3ccccc32)nc2sccc12. The first-order valence-electron chi connectivity index (χ1n) is 6.91. The van der Waals surface area contributed by atoms with Crippen LogP contribution in [0.1, 0.15) is 35.7 Å². The number of anilines is 1. The fraction of sp³-hybridized carbons (Fsp3) is 0.250. The number of aryl methyl sites for hydroxylation is 1. The highest BCUT2D eigenvalue weighted by atomic mass is 32.1. The van der Waals surface area contributed by atoms with Crippen LogP contribution in [0.2, 0.25) is 0 Å². The van der Waals surface area contributed by atoms with Crippen LogP contribution in [-0.4, -0.2) is 9.97 Å². The Bertz CT molecular complexity index is 778. The molecule has 3 nitrogen and oxygen atoms in total. The Labute approximate surface area is 121 Å². The number of nitrogens with zero attached hydrogens (tertiary/aromatic N) is 2. The number of hydrogen-bond acceptors (Lipinski definition) is 4. The number of benzene rings is 1. The van der Waals surface area contributed by atoms with E-state index in [0.29, 0.717) is 5.82 Å². The van der Waals surface area contributed by atoms with Gasteiger partial charge in [-0.25, -0.2) is 9.97 Å². The molecule has 0 radical (unpaired) electrons. The van der Waals surface area contributed by atoms with Gasteiger partial charge in [-0.3, -0.25) is 0 Å². The van der Waals surface area contributed by atoms with E-state index < -0.39 is 0 Å². The summed E-state index contributed by atoms with van der Waals surface area (Å²) in [5.74, 6) is 1.77. The second-order valence-corrected chi connectivity index (χ2v) is 6.14. The minimum atomic E-state index is 0.286. The predicted molar refractivity (Wildman–Crippen MR) is 83.1 cm³/mol. The molecule has 1 unspecified atom stereocenters. The number of rotatable bonds is 1. The Balaban J connectivity index is 1.87. The molecule has 4 heteroatoms. The maximum Gasteiger partial charge on any atom is 0.139 e. The van der Waals surface area contributed by atoms with Crippen LogP contribution in [0.25, 0.3) is 10.2 Å². The predicted octanol–water partition coefficient (Wildman–Crippen LogP) is 3.74. The average Bonchev–Trinajstić information content (AvgIpc) is 2.95.